The van der Waals surface area contributed by atoms with Crippen molar-refractivity contribution in [1.82, 2.24) is 9.80 Å². The number of hydrogen-bond acceptors (Lipinski definition) is 3. The van der Waals surface area contributed by atoms with Gasteiger partial charge in [0, 0.05) is 30.8 Å². The zero-order valence-corrected chi connectivity index (χ0v) is 14.3. The number of likely N-dealkylation sites (N-methyl/N-ethyl adjacent to an activating group) is 1. The number of hydrogen-bond donors (Lipinski definition) is 0. The molecule has 1 aromatic carbocycles. The van der Waals surface area contributed by atoms with E-state index in [1.54, 1.807) is 28.6 Å². The maximum Gasteiger partial charge on any atom is 0.246 e. The van der Waals surface area contributed by atoms with Crippen LogP contribution in [-0.4, -0.2) is 45.3 Å². The summed E-state index contributed by atoms with van der Waals surface area (Å²) in [6.07, 6.45) is 1.38. The molecule has 2 aliphatic heterocycles. The van der Waals surface area contributed by atoms with Gasteiger partial charge in [0.05, 0.1) is 4.87 Å². The number of carbonyl (C=O) groups is 2. The molecule has 4 nitrogen and oxygen atoms in total. The van der Waals surface area contributed by atoms with Gasteiger partial charge in [0.1, 0.15) is 6.04 Å². The summed E-state index contributed by atoms with van der Waals surface area (Å²) in [6, 6.07) is 7.16. The Morgan fingerprint density at radius 2 is 2.32 bits per heavy atom. The Kier molecular flexibility index (Phi) is 4.12. The number of benzene rings is 1. The quantitative estimate of drug-likeness (QED) is 0.851. The molecular formula is C16H19ClN2O2S. The van der Waals surface area contributed by atoms with Crippen LogP contribution in [-0.2, 0) is 16.1 Å². The lowest BCUT2D eigenvalue weighted by Crippen LogP contribution is -2.50. The molecule has 0 aromatic heterocycles. The van der Waals surface area contributed by atoms with Gasteiger partial charge in [-0.05, 0) is 31.0 Å². The Bertz CT molecular complexity index is 624. The normalized spacial score (nSPS) is 27.1. The number of halogens is 1. The van der Waals surface area contributed by atoms with Crippen LogP contribution in [0.4, 0.5) is 0 Å². The van der Waals surface area contributed by atoms with Gasteiger partial charge in [-0.25, -0.2) is 0 Å². The van der Waals surface area contributed by atoms with Crippen LogP contribution >= 0.6 is 23.4 Å². The molecule has 3 rings (SSSR count). The van der Waals surface area contributed by atoms with E-state index in [2.05, 4.69) is 6.92 Å². The van der Waals surface area contributed by atoms with Crippen molar-refractivity contribution >= 4 is 35.2 Å². The first kappa shape index (κ1) is 15.7. The van der Waals surface area contributed by atoms with Gasteiger partial charge < -0.3 is 9.80 Å². The summed E-state index contributed by atoms with van der Waals surface area (Å²) in [7, 11) is 1.78. The van der Waals surface area contributed by atoms with Crippen molar-refractivity contribution in [2.75, 3.05) is 12.8 Å². The van der Waals surface area contributed by atoms with Gasteiger partial charge in [-0.2, -0.15) is 0 Å². The van der Waals surface area contributed by atoms with Crippen LogP contribution in [0.2, 0.25) is 5.02 Å². The topological polar surface area (TPSA) is 40.6 Å². The fourth-order valence-electron chi connectivity index (χ4n) is 3.24. The largest absolute Gasteiger partial charge is 0.340 e. The predicted molar refractivity (Wildman–Crippen MR) is 88.7 cm³/mol. The molecule has 2 amide bonds. The minimum absolute atomic E-state index is 0.00597. The van der Waals surface area contributed by atoms with E-state index in [4.69, 9.17) is 11.6 Å². The molecule has 1 aromatic rings. The first-order valence-electron chi connectivity index (χ1n) is 7.36. The van der Waals surface area contributed by atoms with Crippen LogP contribution in [0.1, 0.15) is 25.3 Å². The standard InChI is InChI=1S/C16H19ClN2O2S/c1-16-7-6-14(20)19(16)13(10-22-16)15(21)18(2)9-11-4-3-5-12(17)8-11/h3-5,8,13H,6-7,9-10H2,1-2H3/t13-,16+/m0/s1. The third kappa shape index (κ3) is 2.72. The summed E-state index contributed by atoms with van der Waals surface area (Å²) < 4.78 is 0. The van der Waals surface area contributed by atoms with Crippen molar-refractivity contribution in [3.63, 3.8) is 0 Å². The minimum atomic E-state index is -0.339. The number of nitrogens with zero attached hydrogens (tertiary/aromatic N) is 2. The van der Waals surface area contributed by atoms with Crippen LogP contribution in [0.5, 0.6) is 0 Å². The van der Waals surface area contributed by atoms with Gasteiger partial charge in [-0.1, -0.05) is 23.7 Å². The van der Waals surface area contributed by atoms with Crippen molar-refractivity contribution in [1.29, 1.82) is 0 Å². The Balaban J connectivity index is 1.72. The Morgan fingerprint density at radius 1 is 1.55 bits per heavy atom. The number of fused-ring (bicyclic) bond motifs is 1. The number of carbonyl (C=O) groups excluding carboxylic acids is 2. The van der Waals surface area contributed by atoms with E-state index in [0.717, 1.165) is 12.0 Å². The molecule has 22 heavy (non-hydrogen) atoms. The maximum atomic E-state index is 12.8. The highest BCUT2D eigenvalue weighted by molar-refractivity contribution is 8.01. The smallest absolute Gasteiger partial charge is 0.246 e. The van der Waals surface area contributed by atoms with Crippen molar-refractivity contribution in [2.24, 2.45) is 0 Å². The fraction of sp³-hybridized carbons (Fsp3) is 0.500. The number of amides is 2. The van der Waals surface area contributed by atoms with Gasteiger partial charge >= 0.3 is 0 Å². The third-order valence-corrected chi connectivity index (χ3v) is 6.16. The van der Waals surface area contributed by atoms with Gasteiger partial charge in [-0.3, -0.25) is 9.59 Å². The zero-order valence-electron chi connectivity index (χ0n) is 12.7. The molecule has 0 unspecified atom stereocenters. The molecule has 0 radical (unpaired) electrons. The summed E-state index contributed by atoms with van der Waals surface area (Å²) in [5.74, 6) is 0.787. The van der Waals surface area contributed by atoms with Crippen LogP contribution in [0, 0.1) is 0 Å². The second kappa shape index (κ2) is 5.78. The lowest BCUT2D eigenvalue weighted by Gasteiger charge is -2.32. The van der Waals surface area contributed by atoms with Crippen LogP contribution in [0.25, 0.3) is 0 Å². The highest BCUT2D eigenvalue weighted by atomic mass is 35.5. The molecule has 2 atom stereocenters. The lowest BCUT2D eigenvalue weighted by atomic mass is 10.1. The Morgan fingerprint density at radius 3 is 3.05 bits per heavy atom. The summed E-state index contributed by atoms with van der Waals surface area (Å²) in [5.41, 5.74) is 0.990. The van der Waals surface area contributed by atoms with E-state index >= 15 is 0 Å². The third-order valence-electron chi connectivity index (χ3n) is 4.41. The highest BCUT2D eigenvalue weighted by Crippen LogP contribution is 2.47. The van der Waals surface area contributed by atoms with E-state index in [1.165, 1.54) is 0 Å². The fourth-order valence-corrected chi connectivity index (χ4v) is 4.88. The highest BCUT2D eigenvalue weighted by Gasteiger charge is 2.53. The minimum Gasteiger partial charge on any atom is -0.340 e. The van der Waals surface area contributed by atoms with Crippen LogP contribution in [0.3, 0.4) is 0 Å². The SMILES string of the molecule is CN(Cc1cccc(Cl)c1)C(=O)[C@@H]1CS[C@]2(C)CCC(=O)N12. The van der Waals surface area contributed by atoms with Crippen LogP contribution < -0.4 is 0 Å². The number of thioether (sulfide) groups is 1. The molecule has 2 saturated heterocycles. The molecule has 2 aliphatic rings. The average Bonchev–Trinajstić information content (AvgIpc) is 2.95. The van der Waals surface area contributed by atoms with Crippen molar-refractivity contribution < 1.29 is 9.59 Å². The molecule has 6 heteroatoms. The molecular weight excluding hydrogens is 320 g/mol. The monoisotopic (exact) mass is 338 g/mol. The van der Waals surface area contributed by atoms with Crippen molar-refractivity contribution in [2.45, 2.75) is 37.2 Å². The van der Waals surface area contributed by atoms with Gasteiger partial charge in [0.25, 0.3) is 0 Å². The molecule has 118 valence electrons. The predicted octanol–water partition coefficient (Wildman–Crippen LogP) is 2.75. The van der Waals surface area contributed by atoms with E-state index in [-0.39, 0.29) is 22.7 Å². The molecule has 0 saturated carbocycles. The molecule has 0 N–H and O–H groups in total. The van der Waals surface area contributed by atoms with Crippen molar-refractivity contribution in [3.8, 4) is 0 Å². The Labute approximate surface area is 139 Å². The molecule has 2 heterocycles. The second-order valence-corrected chi connectivity index (χ2v) is 8.03. The molecule has 0 bridgehead atoms. The maximum absolute atomic E-state index is 12.8. The van der Waals surface area contributed by atoms with E-state index < -0.39 is 0 Å². The summed E-state index contributed by atoms with van der Waals surface area (Å²) in [6.45, 7) is 2.56. The van der Waals surface area contributed by atoms with Gasteiger partial charge in [-0.15, -0.1) is 11.8 Å². The van der Waals surface area contributed by atoms with Crippen LogP contribution in [0.15, 0.2) is 24.3 Å². The van der Waals surface area contributed by atoms with E-state index in [0.29, 0.717) is 23.7 Å². The van der Waals surface area contributed by atoms with E-state index in [1.807, 2.05) is 24.3 Å². The first-order chi connectivity index (χ1) is 10.4. The Hall–Kier alpha value is -1.20. The average molecular weight is 339 g/mol. The molecule has 2 fully saturated rings. The number of rotatable bonds is 3. The second-order valence-electron chi connectivity index (χ2n) is 6.09. The van der Waals surface area contributed by atoms with Gasteiger partial charge in [0.2, 0.25) is 11.8 Å². The summed E-state index contributed by atoms with van der Waals surface area (Å²) in [4.78, 5) is 28.2. The molecule has 0 spiro atoms. The van der Waals surface area contributed by atoms with E-state index in [9.17, 15) is 9.59 Å². The van der Waals surface area contributed by atoms with Crippen molar-refractivity contribution in [3.05, 3.63) is 34.9 Å². The first-order valence-corrected chi connectivity index (χ1v) is 8.73. The molecule has 0 aliphatic carbocycles. The lowest BCUT2D eigenvalue weighted by molar-refractivity contribution is -0.143. The summed E-state index contributed by atoms with van der Waals surface area (Å²) in [5, 5.41) is 0.664. The zero-order chi connectivity index (χ0) is 15.9. The summed E-state index contributed by atoms with van der Waals surface area (Å²) >= 11 is 7.70. The van der Waals surface area contributed by atoms with Gasteiger partial charge in [0.15, 0.2) is 0 Å².